The van der Waals surface area contributed by atoms with E-state index in [4.69, 9.17) is 19.3 Å². The van der Waals surface area contributed by atoms with Crippen LogP contribution in [0.15, 0.2) is 0 Å². The van der Waals surface area contributed by atoms with Gasteiger partial charge in [0.2, 0.25) is 0 Å². The molecule has 0 aromatic rings. The molecule has 0 rings (SSSR count). The van der Waals surface area contributed by atoms with Crippen molar-refractivity contribution in [3.05, 3.63) is 0 Å². The van der Waals surface area contributed by atoms with Crippen molar-refractivity contribution in [2.75, 3.05) is 13.2 Å². The number of hydrogen-bond donors (Lipinski definition) is 2. The molecule has 2 N–H and O–H groups in total. The predicted molar refractivity (Wildman–Crippen MR) is 129 cm³/mol. The van der Waals surface area contributed by atoms with Crippen LogP contribution in [-0.4, -0.2) is 41.0 Å². The van der Waals surface area contributed by atoms with Crippen LogP contribution >= 0.6 is 7.82 Å². The number of phosphoric ester groups is 1. The molecule has 9 heteroatoms. The molecule has 0 saturated carbocycles. The van der Waals surface area contributed by atoms with Crippen LogP contribution in [0.4, 0.5) is 0 Å². The molecule has 0 aliphatic rings. The van der Waals surface area contributed by atoms with Crippen molar-refractivity contribution in [1.29, 1.82) is 0 Å². The summed E-state index contributed by atoms with van der Waals surface area (Å²) in [6, 6.07) is 0. The lowest BCUT2D eigenvalue weighted by atomic mass is 10.1. The molecule has 1 atom stereocenters. The zero-order valence-electron chi connectivity index (χ0n) is 20.8. The van der Waals surface area contributed by atoms with Gasteiger partial charge in [0.15, 0.2) is 6.10 Å². The standard InChI is InChI=1S/C24H47O8P/c1-3-5-7-9-11-12-13-15-16-18-23(25)30-20-22(21-31-33(27,28)29)32-24(26)19-17-14-10-8-6-4-2/h22H,3-21H2,1-2H3,(H2,27,28,29)/t22-/m1/s1. The van der Waals surface area contributed by atoms with E-state index in [2.05, 4.69) is 18.4 Å². The third kappa shape index (κ3) is 24.0. The second-order valence-electron chi connectivity index (χ2n) is 8.68. The minimum Gasteiger partial charge on any atom is -0.462 e. The van der Waals surface area contributed by atoms with Gasteiger partial charge in [-0.1, -0.05) is 97.3 Å². The molecule has 33 heavy (non-hydrogen) atoms. The van der Waals surface area contributed by atoms with Crippen molar-refractivity contribution < 1.29 is 37.9 Å². The summed E-state index contributed by atoms with van der Waals surface area (Å²) in [7, 11) is -4.72. The molecule has 0 bridgehead atoms. The SMILES string of the molecule is CCCCCCCCCCCC(=O)OC[C@H](COP(=O)(O)O)OC(=O)CCCCCCCC. The summed E-state index contributed by atoms with van der Waals surface area (Å²) >= 11 is 0. The largest absolute Gasteiger partial charge is 0.469 e. The Bertz CT molecular complexity index is 535. The van der Waals surface area contributed by atoms with E-state index in [0.29, 0.717) is 6.42 Å². The first kappa shape index (κ1) is 32.0. The quantitative estimate of drug-likeness (QED) is 0.0975. The molecule has 0 unspecified atom stereocenters. The zero-order chi connectivity index (χ0) is 24.8. The second-order valence-corrected chi connectivity index (χ2v) is 9.92. The van der Waals surface area contributed by atoms with Gasteiger partial charge < -0.3 is 19.3 Å². The zero-order valence-corrected chi connectivity index (χ0v) is 21.7. The number of carbonyl (C=O) groups excluding carboxylic acids is 2. The number of unbranched alkanes of at least 4 members (excludes halogenated alkanes) is 13. The van der Waals surface area contributed by atoms with E-state index in [1.54, 1.807) is 0 Å². The minimum atomic E-state index is -4.72. The predicted octanol–water partition coefficient (Wildman–Crippen LogP) is 6.22. The molecule has 0 aromatic heterocycles. The number of phosphoric acid groups is 1. The molecule has 0 fully saturated rings. The van der Waals surface area contributed by atoms with Gasteiger partial charge in [-0.25, -0.2) is 4.57 Å². The first-order valence-electron chi connectivity index (χ1n) is 12.8. The van der Waals surface area contributed by atoms with E-state index >= 15 is 0 Å². The number of esters is 2. The van der Waals surface area contributed by atoms with E-state index < -0.39 is 32.5 Å². The van der Waals surface area contributed by atoms with Crippen LogP contribution in [0.3, 0.4) is 0 Å². The van der Waals surface area contributed by atoms with Crippen LogP contribution < -0.4 is 0 Å². The molecule has 0 aromatic carbocycles. The van der Waals surface area contributed by atoms with Gasteiger partial charge in [-0.15, -0.1) is 0 Å². The van der Waals surface area contributed by atoms with Crippen LogP contribution in [-0.2, 0) is 28.2 Å². The molecule has 0 aliphatic carbocycles. The maximum absolute atomic E-state index is 12.1. The summed E-state index contributed by atoms with van der Waals surface area (Å²) in [4.78, 5) is 41.9. The lowest BCUT2D eigenvalue weighted by Gasteiger charge is -2.18. The summed E-state index contributed by atoms with van der Waals surface area (Å²) in [5.41, 5.74) is 0. The molecule has 0 amide bonds. The molecule has 0 radical (unpaired) electrons. The first-order chi connectivity index (χ1) is 15.8. The highest BCUT2D eigenvalue weighted by Crippen LogP contribution is 2.35. The van der Waals surface area contributed by atoms with Crippen LogP contribution in [0.2, 0.25) is 0 Å². The van der Waals surface area contributed by atoms with E-state index in [0.717, 1.165) is 44.9 Å². The lowest BCUT2D eigenvalue weighted by molar-refractivity contribution is -0.161. The van der Waals surface area contributed by atoms with Gasteiger partial charge in [0.05, 0.1) is 6.61 Å². The van der Waals surface area contributed by atoms with E-state index in [1.165, 1.54) is 44.9 Å². The number of rotatable bonds is 23. The summed E-state index contributed by atoms with van der Waals surface area (Å²) in [6.07, 6.45) is 15.9. The molecule has 0 aliphatic heterocycles. The van der Waals surface area contributed by atoms with Crippen molar-refractivity contribution in [2.24, 2.45) is 0 Å². The Morgan fingerprint density at radius 2 is 1.09 bits per heavy atom. The average molecular weight is 495 g/mol. The van der Waals surface area contributed by atoms with Gasteiger partial charge in [0.25, 0.3) is 0 Å². The Morgan fingerprint density at radius 1 is 0.667 bits per heavy atom. The van der Waals surface area contributed by atoms with E-state index in [9.17, 15) is 14.2 Å². The molecule has 0 heterocycles. The van der Waals surface area contributed by atoms with Crippen LogP contribution in [0.25, 0.3) is 0 Å². The van der Waals surface area contributed by atoms with Crippen LogP contribution in [0, 0.1) is 0 Å². The number of ether oxygens (including phenoxy) is 2. The maximum atomic E-state index is 12.1. The van der Waals surface area contributed by atoms with Gasteiger partial charge in [-0.3, -0.25) is 14.1 Å². The van der Waals surface area contributed by atoms with Gasteiger partial charge in [0, 0.05) is 12.8 Å². The Hall–Kier alpha value is -0.950. The summed E-state index contributed by atoms with van der Waals surface area (Å²) in [6.45, 7) is 3.53. The summed E-state index contributed by atoms with van der Waals surface area (Å²) in [5, 5.41) is 0. The highest BCUT2D eigenvalue weighted by Gasteiger charge is 2.22. The van der Waals surface area contributed by atoms with Crippen LogP contribution in [0.5, 0.6) is 0 Å². The van der Waals surface area contributed by atoms with Crippen molar-refractivity contribution >= 4 is 19.8 Å². The third-order valence-corrected chi connectivity index (χ3v) is 5.86. The van der Waals surface area contributed by atoms with Gasteiger partial charge in [0.1, 0.15) is 6.61 Å². The number of carbonyl (C=O) groups is 2. The lowest BCUT2D eigenvalue weighted by Crippen LogP contribution is -2.29. The minimum absolute atomic E-state index is 0.213. The summed E-state index contributed by atoms with van der Waals surface area (Å²) < 4.78 is 25.8. The highest BCUT2D eigenvalue weighted by atomic mass is 31.2. The Morgan fingerprint density at radius 3 is 1.55 bits per heavy atom. The second kappa shape index (κ2) is 21.6. The Balaban J connectivity index is 4.12. The van der Waals surface area contributed by atoms with E-state index in [1.807, 2.05) is 0 Å². The van der Waals surface area contributed by atoms with Crippen molar-refractivity contribution in [2.45, 2.75) is 129 Å². The van der Waals surface area contributed by atoms with Crippen molar-refractivity contribution in [3.63, 3.8) is 0 Å². The fraction of sp³-hybridized carbons (Fsp3) is 0.917. The summed E-state index contributed by atoms with van der Waals surface area (Å²) in [5.74, 6) is -0.897. The fourth-order valence-electron chi connectivity index (χ4n) is 3.43. The molecular weight excluding hydrogens is 447 g/mol. The normalized spacial score (nSPS) is 12.5. The average Bonchev–Trinajstić information content (AvgIpc) is 2.76. The molecular formula is C24H47O8P. The maximum Gasteiger partial charge on any atom is 0.469 e. The monoisotopic (exact) mass is 494 g/mol. The van der Waals surface area contributed by atoms with Gasteiger partial charge >= 0.3 is 19.8 Å². The fourth-order valence-corrected chi connectivity index (χ4v) is 3.79. The molecule has 196 valence electrons. The Labute approximate surface area is 200 Å². The topological polar surface area (TPSA) is 119 Å². The van der Waals surface area contributed by atoms with Gasteiger partial charge in [-0.2, -0.15) is 0 Å². The third-order valence-electron chi connectivity index (χ3n) is 5.38. The van der Waals surface area contributed by atoms with E-state index in [-0.39, 0.29) is 19.4 Å². The van der Waals surface area contributed by atoms with Crippen molar-refractivity contribution in [1.82, 2.24) is 0 Å². The molecule has 8 nitrogen and oxygen atoms in total. The molecule has 0 spiro atoms. The van der Waals surface area contributed by atoms with Crippen LogP contribution in [0.1, 0.15) is 123 Å². The van der Waals surface area contributed by atoms with Crippen molar-refractivity contribution in [3.8, 4) is 0 Å². The number of hydrogen-bond acceptors (Lipinski definition) is 6. The first-order valence-corrected chi connectivity index (χ1v) is 14.4. The smallest absolute Gasteiger partial charge is 0.462 e. The van der Waals surface area contributed by atoms with Gasteiger partial charge in [-0.05, 0) is 12.8 Å². The molecule has 0 saturated heterocycles. The Kier molecular flexibility index (Phi) is 21.0. The highest BCUT2D eigenvalue weighted by molar-refractivity contribution is 7.46.